The van der Waals surface area contributed by atoms with E-state index in [2.05, 4.69) is 0 Å². The molecule has 0 aromatic heterocycles. The molecule has 0 aliphatic heterocycles. The SMILES string of the molecule is CCC(O)C(=CC(=O)O)C(=O)O. The first-order valence-corrected chi connectivity index (χ1v) is 3.35. The lowest BCUT2D eigenvalue weighted by atomic mass is 10.1. The van der Waals surface area contributed by atoms with Gasteiger partial charge in [-0.25, -0.2) is 9.59 Å². The van der Waals surface area contributed by atoms with Crippen molar-refractivity contribution in [3.05, 3.63) is 11.6 Å². The molecular weight excluding hydrogens is 164 g/mol. The van der Waals surface area contributed by atoms with Crippen molar-refractivity contribution < 1.29 is 24.9 Å². The third-order valence-electron chi connectivity index (χ3n) is 1.27. The monoisotopic (exact) mass is 174 g/mol. The van der Waals surface area contributed by atoms with E-state index in [0.29, 0.717) is 6.08 Å². The maximum Gasteiger partial charge on any atom is 0.334 e. The van der Waals surface area contributed by atoms with Gasteiger partial charge in [0.05, 0.1) is 11.7 Å². The molecule has 68 valence electrons. The van der Waals surface area contributed by atoms with Crippen molar-refractivity contribution >= 4 is 11.9 Å². The zero-order chi connectivity index (χ0) is 9.72. The van der Waals surface area contributed by atoms with E-state index >= 15 is 0 Å². The fourth-order valence-electron chi connectivity index (χ4n) is 0.653. The number of aliphatic hydroxyl groups excluding tert-OH is 1. The van der Waals surface area contributed by atoms with Crippen LogP contribution in [0.1, 0.15) is 13.3 Å². The Hall–Kier alpha value is -1.36. The summed E-state index contributed by atoms with van der Waals surface area (Å²) in [5, 5.41) is 25.7. The Kier molecular flexibility index (Phi) is 3.99. The van der Waals surface area contributed by atoms with Crippen LogP contribution in [-0.2, 0) is 9.59 Å². The maximum atomic E-state index is 10.3. The molecule has 0 rings (SSSR count). The van der Waals surface area contributed by atoms with E-state index in [0.717, 1.165) is 0 Å². The number of hydrogen-bond donors (Lipinski definition) is 3. The number of carbonyl (C=O) groups is 2. The fourth-order valence-corrected chi connectivity index (χ4v) is 0.653. The van der Waals surface area contributed by atoms with Gasteiger partial charge < -0.3 is 15.3 Å². The van der Waals surface area contributed by atoms with Gasteiger partial charge in [0.25, 0.3) is 0 Å². The first-order chi connectivity index (χ1) is 5.49. The molecule has 0 aromatic rings. The highest BCUT2D eigenvalue weighted by Gasteiger charge is 2.17. The Labute approximate surface area is 68.9 Å². The van der Waals surface area contributed by atoms with Crippen molar-refractivity contribution in [2.75, 3.05) is 0 Å². The molecule has 12 heavy (non-hydrogen) atoms. The molecule has 5 heteroatoms. The van der Waals surface area contributed by atoms with Gasteiger partial charge in [0.2, 0.25) is 0 Å². The molecule has 3 N–H and O–H groups in total. The van der Waals surface area contributed by atoms with Crippen LogP contribution in [0.2, 0.25) is 0 Å². The lowest BCUT2D eigenvalue weighted by Gasteiger charge is -2.06. The molecule has 1 atom stereocenters. The minimum Gasteiger partial charge on any atom is -0.478 e. The number of aliphatic carboxylic acids is 2. The molecule has 0 aliphatic rings. The number of carboxylic acid groups (broad SMARTS) is 2. The van der Waals surface area contributed by atoms with Crippen molar-refractivity contribution in [3.63, 3.8) is 0 Å². The predicted octanol–water partition coefficient (Wildman–Crippen LogP) is -0.147. The smallest absolute Gasteiger partial charge is 0.334 e. The lowest BCUT2D eigenvalue weighted by molar-refractivity contribution is -0.136. The van der Waals surface area contributed by atoms with Crippen molar-refractivity contribution in [2.24, 2.45) is 0 Å². The molecule has 0 aromatic carbocycles. The highest BCUT2D eigenvalue weighted by Crippen LogP contribution is 2.05. The van der Waals surface area contributed by atoms with Crippen LogP contribution in [0, 0.1) is 0 Å². The highest BCUT2D eigenvalue weighted by atomic mass is 16.4. The molecule has 0 saturated heterocycles. The van der Waals surface area contributed by atoms with Crippen molar-refractivity contribution in [3.8, 4) is 0 Å². The Morgan fingerprint density at radius 1 is 1.42 bits per heavy atom. The van der Waals surface area contributed by atoms with Crippen LogP contribution in [0.3, 0.4) is 0 Å². The summed E-state index contributed by atoms with van der Waals surface area (Å²) >= 11 is 0. The lowest BCUT2D eigenvalue weighted by Crippen LogP contribution is -2.18. The summed E-state index contributed by atoms with van der Waals surface area (Å²) in [5.74, 6) is -2.79. The van der Waals surface area contributed by atoms with E-state index in [1.807, 2.05) is 0 Å². The average Bonchev–Trinajstić information content (AvgIpc) is 1.98. The topological polar surface area (TPSA) is 94.8 Å². The van der Waals surface area contributed by atoms with E-state index in [4.69, 9.17) is 15.3 Å². The van der Waals surface area contributed by atoms with Crippen LogP contribution in [0.15, 0.2) is 11.6 Å². The first kappa shape index (κ1) is 10.6. The largest absolute Gasteiger partial charge is 0.478 e. The summed E-state index contributed by atoms with van der Waals surface area (Å²) in [5.41, 5.74) is -0.495. The third kappa shape index (κ3) is 3.16. The second kappa shape index (κ2) is 4.50. The molecule has 1 unspecified atom stereocenters. The zero-order valence-corrected chi connectivity index (χ0v) is 6.52. The highest BCUT2D eigenvalue weighted by molar-refractivity contribution is 5.95. The van der Waals surface area contributed by atoms with Gasteiger partial charge in [0, 0.05) is 6.08 Å². The van der Waals surface area contributed by atoms with Gasteiger partial charge in [-0.05, 0) is 6.42 Å². The summed E-state index contributed by atoms with van der Waals surface area (Å²) in [6.07, 6.45) is -0.555. The minimum absolute atomic E-state index is 0.172. The van der Waals surface area contributed by atoms with Crippen molar-refractivity contribution in [1.29, 1.82) is 0 Å². The molecule has 0 amide bonds. The number of carboxylic acids is 2. The Morgan fingerprint density at radius 2 is 1.92 bits per heavy atom. The Morgan fingerprint density at radius 3 is 2.17 bits per heavy atom. The van der Waals surface area contributed by atoms with Crippen LogP contribution in [0.5, 0.6) is 0 Å². The predicted molar refractivity (Wildman–Crippen MR) is 39.7 cm³/mol. The van der Waals surface area contributed by atoms with Gasteiger partial charge in [0.1, 0.15) is 0 Å². The van der Waals surface area contributed by atoms with Crippen LogP contribution >= 0.6 is 0 Å². The molecule has 0 fully saturated rings. The summed E-state index contributed by atoms with van der Waals surface area (Å²) in [6, 6.07) is 0. The molecule has 0 heterocycles. The third-order valence-corrected chi connectivity index (χ3v) is 1.27. The van der Waals surface area contributed by atoms with E-state index in [1.54, 1.807) is 6.92 Å². The molecule has 0 saturated carbocycles. The normalized spacial score (nSPS) is 14.0. The van der Waals surface area contributed by atoms with E-state index in [9.17, 15) is 9.59 Å². The Bertz CT molecular complexity index is 218. The minimum atomic E-state index is -1.41. The summed E-state index contributed by atoms with van der Waals surface area (Å²) in [7, 11) is 0. The molecular formula is C7H10O5. The van der Waals surface area contributed by atoms with Gasteiger partial charge >= 0.3 is 11.9 Å². The van der Waals surface area contributed by atoms with Crippen LogP contribution in [-0.4, -0.2) is 33.4 Å². The van der Waals surface area contributed by atoms with Gasteiger partial charge in [-0.2, -0.15) is 0 Å². The molecule has 0 spiro atoms. The first-order valence-electron chi connectivity index (χ1n) is 3.35. The molecule has 0 radical (unpaired) electrons. The van der Waals surface area contributed by atoms with Crippen molar-refractivity contribution in [1.82, 2.24) is 0 Å². The molecule has 5 nitrogen and oxygen atoms in total. The quantitative estimate of drug-likeness (QED) is 0.515. The summed E-state index contributed by atoms with van der Waals surface area (Å²) in [4.78, 5) is 20.4. The van der Waals surface area contributed by atoms with Gasteiger partial charge in [0.15, 0.2) is 0 Å². The number of rotatable bonds is 4. The second-order valence-corrected chi connectivity index (χ2v) is 2.17. The van der Waals surface area contributed by atoms with Gasteiger partial charge in [-0.1, -0.05) is 6.92 Å². The maximum absolute atomic E-state index is 10.3. The Balaban J connectivity index is 4.66. The zero-order valence-electron chi connectivity index (χ0n) is 6.52. The van der Waals surface area contributed by atoms with E-state index in [-0.39, 0.29) is 6.42 Å². The summed E-state index contributed by atoms with van der Waals surface area (Å²) < 4.78 is 0. The number of aliphatic hydroxyl groups is 1. The van der Waals surface area contributed by atoms with Gasteiger partial charge in [-0.15, -0.1) is 0 Å². The standard InChI is InChI=1S/C7H10O5/c1-2-5(8)4(7(11)12)3-6(9)10/h3,5,8H,2H2,1H3,(H,9,10)(H,11,12). The fraction of sp³-hybridized carbons (Fsp3) is 0.429. The molecule has 0 bridgehead atoms. The summed E-state index contributed by atoms with van der Waals surface area (Å²) in [6.45, 7) is 1.56. The van der Waals surface area contributed by atoms with Crippen molar-refractivity contribution in [2.45, 2.75) is 19.4 Å². The van der Waals surface area contributed by atoms with Crippen LogP contribution < -0.4 is 0 Å². The molecule has 0 aliphatic carbocycles. The van der Waals surface area contributed by atoms with Gasteiger partial charge in [-0.3, -0.25) is 0 Å². The van der Waals surface area contributed by atoms with E-state index < -0.39 is 23.6 Å². The van der Waals surface area contributed by atoms with Crippen LogP contribution in [0.25, 0.3) is 0 Å². The van der Waals surface area contributed by atoms with E-state index in [1.165, 1.54) is 0 Å². The second-order valence-electron chi connectivity index (χ2n) is 2.17. The van der Waals surface area contributed by atoms with Crippen LogP contribution in [0.4, 0.5) is 0 Å². The average molecular weight is 174 g/mol. The number of hydrogen-bond acceptors (Lipinski definition) is 3.